The van der Waals surface area contributed by atoms with Crippen LogP contribution in [0, 0.1) is 6.92 Å². The Bertz CT molecular complexity index is 1650. The fourth-order valence-corrected chi connectivity index (χ4v) is 6.30. The second-order valence-corrected chi connectivity index (χ2v) is 12.4. The lowest BCUT2D eigenvalue weighted by atomic mass is 10.0. The summed E-state index contributed by atoms with van der Waals surface area (Å²) >= 11 is 12.3. The molecule has 0 aliphatic carbocycles. The van der Waals surface area contributed by atoms with E-state index in [1.54, 1.807) is 18.2 Å². The van der Waals surface area contributed by atoms with Gasteiger partial charge in [-0.15, -0.1) is 0 Å². The number of benzene rings is 4. The molecule has 4 rings (SSSR count). The number of amides is 2. The second kappa shape index (κ2) is 13.9. The van der Waals surface area contributed by atoms with Crippen LogP contribution in [0.4, 0.5) is 5.69 Å². The molecule has 0 saturated heterocycles. The highest BCUT2D eigenvalue weighted by Gasteiger charge is 2.34. The van der Waals surface area contributed by atoms with Crippen molar-refractivity contribution in [3.8, 4) is 0 Å². The van der Waals surface area contributed by atoms with Gasteiger partial charge in [0.2, 0.25) is 11.8 Å². The number of anilines is 1. The van der Waals surface area contributed by atoms with Gasteiger partial charge in [0, 0.05) is 30.1 Å². The standard InChI is InChI=1S/C32H31Cl2N3O4S/c1-23-9-6-7-12-25(23)21-36(30(32(39)35-2)19-24-10-4-3-5-11-24)31(38)22-37(28-14-8-13-27(34)20-28)42(40,41)29-17-15-26(33)16-18-29/h3-18,20,30H,19,21-22H2,1-2H3,(H,35,39)/t30-/m1/s1. The second-order valence-electron chi connectivity index (χ2n) is 9.71. The molecule has 0 heterocycles. The summed E-state index contributed by atoms with van der Waals surface area (Å²) in [5.74, 6) is -0.920. The molecule has 7 nitrogen and oxygen atoms in total. The van der Waals surface area contributed by atoms with E-state index < -0.39 is 28.5 Å². The summed E-state index contributed by atoms with van der Waals surface area (Å²) < 4.78 is 28.9. The average Bonchev–Trinajstić information content (AvgIpc) is 2.98. The van der Waals surface area contributed by atoms with Gasteiger partial charge in [-0.25, -0.2) is 8.42 Å². The lowest BCUT2D eigenvalue weighted by molar-refractivity contribution is -0.139. The number of hydrogen-bond donors (Lipinski definition) is 1. The van der Waals surface area contributed by atoms with Crippen molar-refractivity contribution >= 4 is 50.7 Å². The van der Waals surface area contributed by atoms with E-state index in [2.05, 4.69) is 5.32 Å². The van der Waals surface area contributed by atoms with Crippen LogP contribution in [-0.4, -0.2) is 44.8 Å². The quantitative estimate of drug-likeness (QED) is 0.226. The molecular formula is C32H31Cl2N3O4S. The summed E-state index contributed by atoms with van der Waals surface area (Å²) in [6.45, 7) is 1.45. The first-order chi connectivity index (χ1) is 20.1. The number of rotatable bonds is 11. The molecule has 218 valence electrons. The zero-order valence-corrected chi connectivity index (χ0v) is 25.5. The van der Waals surface area contributed by atoms with E-state index in [0.29, 0.717) is 10.0 Å². The topological polar surface area (TPSA) is 86.8 Å². The first-order valence-electron chi connectivity index (χ1n) is 13.2. The third-order valence-electron chi connectivity index (χ3n) is 6.90. The number of likely N-dealkylation sites (N-methyl/N-ethyl adjacent to an activating group) is 1. The number of nitrogens with one attached hydrogen (secondary N) is 1. The van der Waals surface area contributed by atoms with Crippen molar-refractivity contribution in [1.29, 1.82) is 0 Å². The zero-order valence-electron chi connectivity index (χ0n) is 23.2. The van der Waals surface area contributed by atoms with Crippen LogP contribution in [0.2, 0.25) is 10.0 Å². The van der Waals surface area contributed by atoms with Crippen molar-refractivity contribution < 1.29 is 18.0 Å². The molecule has 1 atom stereocenters. The van der Waals surface area contributed by atoms with E-state index in [1.165, 1.54) is 42.3 Å². The van der Waals surface area contributed by atoms with Crippen molar-refractivity contribution in [3.63, 3.8) is 0 Å². The van der Waals surface area contributed by atoms with Gasteiger partial charge < -0.3 is 10.2 Å². The van der Waals surface area contributed by atoms with Gasteiger partial charge >= 0.3 is 0 Å². The largest absolute Gasteiger partial charge is 0.357 e. The van der Waals surface area contributed by atoms with Crippen molar-refractivity contribution in [3.05, 3.63) is 130 Å². The first-order valence-corrected chi connectivity index (χ1v) is 15.4. The van der Waals surface area contributed by atoms with Gasteiger partial charge in [-0.3, -0.25) is 13.9 Å². The summed E-state index contributed by atoms with van der Waals surface area (Å²) in [4.78, 5) is 29.0. The molecule has 10 heteroatoms. The highest BCUT2D eigenvalue weighted by molar-refractivity contribution is 7.92. The van der Waals surface area contributed by atoms with Crippen LogP contribution in [0.25, 0.3) is 0 Å². The SMILES string of the molecule is CNC(=O)[C@@H](Cc1ccccc1)N(Cc1ccccc1C)C(=O)CN(c1cccc(Cl)c1)S(=O)(=O)c1ccc(Cl)cc1. The molecule has 4 aromatic carbocycles. The number of nitrogens with zero attached hydrogens (tertiary/aromatic N) is 2. The number of aryl methyl sites for hydroxylation is 1. The molecule has 1 N–H and O–H groups in total. The van der Waals surface area contributed by atoms with E-state index in [0.717, 1.165) is 21.0 Å². The van der Waals surface area contributed by atoms with Crippen LogP contribution < -0.4 is 9.62 Å². The Kier molecular flexibility index (Phi) is 10.3. The summed E-state index contributed by atoms with van der Waals surface area (Å²) in [5.41, 5.74) is 2.84. The van der Waals surface area contributed by atoms with Gasteiger partial charge in [0.1, 0.15) is 12.6 Å². The van der Waals surface area contributed by atoms with Crippen LogP contribution in [0.3, 0.4) is 0 Å². The molecule has 0 aliphatic rings. The van der Waals surface area contributed by atoms with Gasteiger partial charge in [-0.1, -0.05) is 83.9 Å². The molecule has 0 bridgehead atoms. The third kappa shape index (κ3) is 7.50. The molecule has 0 radical (unpaired) electrons. The van der Waals surface area contributed by atoms with Gasteiger partial charge in [-0.05, 0) is 66.1 Å². The number of carbonyl (C=O) groups excluding carboxylic acids is 2. The lowest BCUT2D eigenvalue weighted by Gasteiger charge is -2.34. The molecule has 4 aromatic rings. The summed E-state index contributed by atoms with van der Waals surface area (Å²) in [7, 11) is -2.73. The van der Waals surface area contributed by atoms with Crippen LogP contribution in [0.5, 0.6) is 0 Å². The fraction of sp³-hybridized carbons (Fsp3) is 0.188. The maximum Gasteiger partial charge on any atom is 0.264 e. The molecule has 0 aromatic heterocycles. The Balaban J connectivity index is 1.80. The smallest absolute Gasteiger partial charge is 0.264 e. The minimum atomic E-state index is -4.24. The molecule has 0 aliphatic heterocycles. The highest BCUT2D eigenvalue weighted by Crippen LogP contribution is 2.28. The Morgan fingerprint density at radius 1 is 0.833 bits per heavy atom. The fourth-order valence-electron chi connectivity index (χ4n) is 4.59. The summed E-state index contributed by atoms with van der Waals surface area (Å²) in [5, 5.41) is 3.36. The number of hydrogen-bond acceptors (Lipinski definition) is 4. The van der Waals surface area contributed by atoms with Gasteiger partial charge in [0.05, 0.1) is 10.6 Å². The van der Waals surface area contributed by atoms with Gasteiger partial charge in [-0.2, -0.15) is 0 Å². The van der Waals surface area contributed by atoms with Gasteiger partial charge in [0.25, 0.3) is 10.0 Å². The predicted octanol–water partition coefficient (Wildman–Crippen LogP) is 5.88. The third-order valence-corrected chi connectivity index (χ3v) is 9.17. The van der Waals surface area contributed by atoms with E-state index in [-0.39, 0.29) is 29.5 Å². The van der Waals surface area contributed by atoms with E-state index in [9.17, 15) is 18.0 Å². The van der Waals surface area contributed by atoms with E-state index in [4.69, 9.17) is 23.2 Å². The Hall–Kier alpha value is -3.85. The summed E-state index contributed by atoms with van der Waals surface area (Å²) in [6.07, 6.45) is 0.235. The van der Waals surface area contributed by atoms with Crippen LogP contribution in [0.1, 0.15) is 16.7 Å². The Labute approximate surface area is 256 Å². The minimum Gasteiger partial charge on any atom is -0.357 e. The maximum absolute atomic E-state index is 14.3. The monoisotopic (exact) mass is 623 g/mol. The predicted molar refractivity (Wildman–Crippen MR) is 167 cm³/mol. The highest BCUT2D eigenvalue weighted by atomic mass is 35.5. The lowest BCUT2D eigenvalue weighted by Crippen LogP contribution is -2.53. The zero-order chi connectivity index (χ0) is 30.3. The van der Waals surface area contributed by atoms with Crippen LogP contribution >= 0.6 is 23.2 Å². The van der Waals surface area contributed by atoms with Crippen molar-refractivity contribution in [2.75, 3.05) is 17.9 Å². The van der Waals surface area contributed by atoms with Crippen LogP contribution in [0.15, 0.2) is 108 Å². The Morgan fingerprint density at radius 3 is 2.14 bits per heavy atom. The minimum absolute atomic E-state index is 0.0442. The van der Waals surface area contributed by atoms with E-state index >= 15 is 0 Å². The molecule has 0 fully saturated rings. The first kappa shape index (κ1) is 31.1. The van der Waals surface area contributed by atoms with Crippen molar-refractivity contribution in [1.82, 2.24) is 10.2 Å². The van der Waals surface area contributed by atoms with Crippen molar-refractivity contribution in [2.24, 2.45) is 0 Å². The van der Waals surface area contributed by atoms with Crippen LogP contribution in [-0.2, 0) is 32.6 Å². The maximum atomic E-state index is 14.3. The molecule has 0 unspecified atom stereocenters. The molecule has 2 amide bonds. The number of halogens is 2. The normalized spacial score (nSPS) is 11.9. The average molecular weight is 625 g/mol. The van der Waals surface area contributed by atoms with E-state index in [1.807, 2.05) is 61.5 Å². The van der Waals surface area contributed by atoms with Crippen molar-refractivity contribution in [2.45, 2.75) is 30.8 Å². The molecule has 42 heavy (non-hydrogen) atoms. The number of sulfonamides is 1. The number of carbonyl (C=O) groups is 2. The molecule has 0 saturated carbocycles. The van der Waals surface area contributed by atoms with Gasteiger partial charge in [0.15, 0.2) is 0 Å². The molecular weight excluding hydrogens is 593 g/mol. The molecule has 0 spiro atoms. The summed E-state index contributed by atoms with van der Waals surface area (Å²) in [6, 6.07) is 28.0. The Morgan fingerprint density at radius 2 is 1.50 bits per heavy atom.